The molecule has 1 N–H and O–H groups in total. The molecule has 0 bridgehead atoms. The van der Waals surface area contributed by atoms with E-state index in [2.05, 4.69) is 31.2 Å². The number of halogens is 1. The van der Waals surface area contributed by atoms with E-state index >= 15 is 0 Å². The Labute approximate surface area is 264 Å². The summed E-state index contributed by atoms with van der Waals surface area (Å²) in [6.45, 7) is 6.80. The van der Waals surface area contributed by atoms with Crippen LogP contribution in [0.4, 0.5) is 10.2 Å². The number of anilines is 1. The molecule has 1 spiro atoms. The molecule has 3 heterocycles. The first kappa shape index (κ1) is 29.7. The van der Waals surface area contributed by atoms with E-state index in [1.165, 1.54) is 31.4 Å². The smallest absolute Gasteiger partial charge is 0.217 e. The molecule has 2 aliphatic carbocycles. The third-order valence-corrected chi connectivity index (χ3v) is 10.3. The fourth-order valence-electron chi connectivity index (χ4n) is 7.92. The predicted octanol–water partition coefficient (Wildman–Crippen LogP) is 6.42. The van der Waals surface area contributed by atoms with Crippen LogP contribution in [0.2, 0.25) is 0 Å². The molecule has 3 aromatic rings. The molecule has 4 aliphatic rings. The summed E-state index contributed by atoms with van der Waals surface area (Å²) in [4.78, 5) is 25.4. The number of carbonyl (C=O) groups excluding carboxylic acids is 1. The van der Waals surface area contributed by atoms with Crippen molar-refractivity contribution >= 4 is 11.7 Å². The monoisotopic (exact) mass is 608 g/mol. The Morgan fingerprint density at radius 2 is 1.87 bits per heavy atom. The second kappa shape index (κ2) is 12.4. The third kappa shape index (κ3) is 6.53. The summed E-state index contributed by atoms with van der Waals surface area (Å²) in [6.07, 6.45) is 12.2. The summed E-state index contributed by atoms with van der Waals surface area (Å²) in [7, 11) is 0. The molecule has 2 saturated heterocycles. The minimum absolute atomic E-state index is 0.0788. The quantitative estimate of drug-likeness (QED) is 0.315. The van der Waals surface area contributed by atoms with Crippen molar-refractivity contribution in [3.05, 3.63) is 65.9 Å². The number of aromatic nitrogens is 2. The van der Waals surface area contributed by atoms with Crippen LogP contribution in [0.3, 0.4) is 0 Å². The van der Waals surface area contributed by atoms with E-state index in [4.69, 9.17) is 4.74 Å². The maximum absolute atomic E-state index is 14.6. The van der Waals surface area contributed by atoms with Crippen molar-refractivity contribution in [3.8, 4) is 28.7 Å². The van der Waals surface area contributed by atoms with Gasteiger partial charge >= 0.3 is 0 Å². The Balaban J connectivity index is 1.05. The first-order chi connectivity index (χ1) is 21.9. The average Bonchev–Trinajstić information content (AvgIpc) is 3.71. The second-order valence-corrected chi connectivity index (χ2v) is 13.7. The normalized spacial score (nSPS) is 25.0. The zero-order chi connectivity index (χ0) is 31.0. The van der Waals surface area contributed by atoms with Gasteiger partial charge in [-0.25, -0.2) is 14.4 Å². The number of amides is 1. The number of nitrogens with one attached hydrogen (secondary N) is 1. The highest BCUT2D eigenvalue weighted by atomic mass is 19.1. The lowest BCUT2D eigenvalue weighted by molar-refractivity contribution is -0.119. The van der Waals surface area contributed by atoms with Crippen molar-refractivity contribution in [2.75, 3.05) is 37.6 Å². The van der Waals surface area contributed by atoms with Crippen LogP contribution in [0.25, 0.3) is 11.1 Å². The van der Waals surface area contributed by atoms with Crippen molar-refractivity contribution in [1.82, 2.24) is 20.2 Å². The number of hydrogen-bond acceptors (Lipinski definition) is 7. The first-order valence-corrected chi connectivity index (χ1v) is 16.4. The van der Waals surface area contributed by atoms with Gasteiger partial charge in [-0.05, 0) is 111 Å². The third-order valence-electron chi connectivity index (χ3n) is 10.3. The topological polar surface area (TPSA) is 94.4 Å². The Kier molecular flexibility index (Phi) is 8.17. The Bertz CT molecular complexity index is 1610. The van der Waals surface area contributed by atoms with Crippen molar-refractivity contribution in [2.45, 2.75) is 70.3 Å². The van der Waals surface area contributed by atoms with Gasteiger partial charge in [0.2, 0.25) is 5.91 Å². The number of ether oxygens (including phenoxy) is 1. The Morgan fingerprint density at radius 1 is 1.04 bits per heavy atom. The van der Waals surface area contributed by atoms with Crippen molar-refractivity contribution < 1.29 is 13.9 Å². The molecule has 0 radical (unpaired) electrons. The van der Waals surface area contributed by atoms with Crippen LogP contribution in [0.15, 0.2) is 48.9 Å². The highest BCUT2D eigenvalue weighted by molar-refractivity contribution is 5.76. The van der Waals surface area contributed by atoms with E-state index in [9.17, 15) is 14.4 Å². The second-order valence-electron chi connectivity index (χ2n) is 13.7. The standard InChI is InChI=1S/C36H41FN6O2/c1-24(44)41-29-8-2-25(3-9-29)20-42-14-12-36(21-42)13-15-43(22-36)35-34(19-39-23-40-35)45-33-11-7-28(37)17-32(33)30-10-4-26(18-38)16-31(30)27-5-6-27/h4,7,10-11,16-17,19,23,25,27,29H,2-3,5-6,8-9,12-15,20-22H2,1H3,(H,41,44)/t25-,29+,36?. The molecule has 45 heavy (non-hydrogen) atoms. The molecule has 2 saturated carbocycles. The summed E-state index contributed by atoms with van der Waals surface area (Å²) in [6, 6.07) is 12.9. The molecule has 2 aromatic carbocycles. The number of nitrogens with zero attached hydrogens (tertiary/aromatic N) is 5. The maximum Gasteiger partial charge on any atom is 0.217 e. The van der Waals surface area contributed by atoms with Crippen LogP contribution in [0, 0.1) is 28.5 Å². The van der Waals surface area contributed by atoms with Gasteiger partial charge in [0.1, 0.15) is 17.9 Å². The molecule has 1 atom stereocenters. The van der Waals surface area contributed by atoms with Crippen molar-refractivity contribution in [2.24, 2.45) is 11.3 Å². The molecule has 1 unspecified atom stereocenters. The van der Waals surface area contributed by atoms with Crippen LogP contribution in [-0.4, -0.2) is 59.5 Å². The van der Waals surface area contributed by atoms with Crippen molar-refractivity contribution in [3.63, 3.8) is 0 Å². The molecule has 2 aliphatic heterocycles. The summed E-state index contributed by atoms with van der Waals surface area (Å²) >= 11 is 0. The minimum atomic E-state index is -0.332. The van der Waals surface area contributed by atoms with Gasteiger partial charge in [0.05, 0.1) is 17.8 Å². The Hall–Kier alpha value is -4.03. The molecule has 9 heteroatoms. The van der Waals surface area contributed by atoms with E-state index < -0.39 is 0 Å². The highest BCUT2D eigenvalue weighted by Crippen LogP contribution is 2.48. The average molecular weight is 609 g/mol. The van der Waals surface area contributed by atoms with Crippen LogP contribution in [0.5, 0.6) is 11.5 Å². The zero-order valence-corrected chi connectivity index (χ0v) is 26.0. The van der Waals surface area contributed by atoms with Crippen LogP contribution >= 0.6 is 0 Å². The molecule has 7 rings (SSSR count). The van der Waals surface area contributed by atoms with E-state index in [1.807, 2.05) is 12.1 Å². The molecule has 234 valence electrons. The lowest BCUT2D eigenvalue weighted by Gasteiger charge is -2.32. The van der Waals surface area contributed by atoms with Crippen molar-refractivity contribution in [1.29, 1.82) is 5.26 Å². The molecule has 4 fully saturated rings. The SMILES string of the molecule is CC(=O)N[C@H]1CC[C@@H](CN2CCC3(CCN(c4ncncc4Oc4ccc(F)cc4-c4ccc(C#N)cc4C4CC4)C3)C2)CC1. The molecule has 1 aromatic heterocycles. The van der Waals surface area contributed by atoms with Gasteiger partial charge in [-0.3, -0.25) is 4.79 Å². The van der Waals surface area contributed by atoms with Gasteiger partial charge in [0.15, 0.2) is 11.6 Å². The summed E-state index contributed by atoms with van der Waals surface area (Å²) in [5.74, 6) is 2.71. The predicted molar refractivity (Wildman–Crippen MR) is 171 cm³/mol. The lowest BCUT2D eigenvalue weighted by Crippen LogP contribution is -2.39. The van der Waals surface area contributed by atoms with E-state index in [1.54, 1.807) is 31.6 Å². The minimum Gasteiger partial charge on any atom is -0.451 e. The largest absolute Gasteiger partial charge is 0.451 e. The highest BCUT2D eigenvalue weighted by Gasteiger charge is 2.44. The fourth-order valence-corrected chi connectivity index (χ4v) is 7.92. The number of rotatable bonds is 8. The Morgan fingerprint density at radius 3 is 2.64 bits per heavy atom. The van der Waals surface area contributed by atoms with Gasteiger partial charge < -0.3 is 19.9 Å². The van der Waals surface area contributed by atoms with E-state index in [-0.39, 0.29) is 17.1 Å². The van der Waals surface area contributed by atoms with Gasteiger partial charge in [0.25, 0.3) is 0 Å². The van der Waals surface area contributed by atoms with Crippen LogP contribution < -0.4 is 15.0 Å². The summed E-state index contributed by atoms with van der Waals surface area (Å²) in [5.41, 5.74) is 3.49. The van der Waals surface area contributed by atoms with Gasteiger partial charge in [-0.2, -0.15) is 5.26 Å². The number of benzene rings is 2. The maximum atomic E-state index is 14.6. The van der Waals surface area contributed by atoms with Gasteiger partial charge in [-0.1, -0.05) is 6.07 Å². The zero-order valence-electron chi connectivity index (χ0n) is 26.0. The first-order valence-electron chi connectivity index (χ1n) is 16.4. The van der Waals surface area contributed by atoms with E-state index in [0.29, 0.717) is 40.5 Å². The molecular weight excluding hydrogens is 567 g/mol. The van der Waals surface area contributed by atoms with Crippen LogP contribution in [0.1, 0.15) is 75.3 Å². The number of likely N-dealkylation sites (tertiary alicyclic amines) is 1. The van der Waals surface area contributed by atoms with Gasteiger partial charge in [-0.15, -0.1) is 0 Å². The van der Waals surface area contributed by atoms with E-state index in [0.717, 1.165) is 81.8 Å². The lowest BCUT2D eigenvalue weighted by atomic mass is 9.85. The number of hydrogen-bond donors (Lipinski definition) is 1. The molecular formula is C36H41FN6O2. The summed E-state index contributed by atoms with van der Waals surface area (Å²) < 4.78 is 21.2. The molecule has 1 amide bonds. The number of carbonyl (C=O) groups is 1. The summed E-state index contributed by atoms with van der Waals surface area (Å²) in [5, 5.41) is 12.6. The molecule has 8 nitrogen and oxygen atoms in total. The van der Waals surface area contributed by atoms with Gasteiger partial charge in [0, 0.05) is 50.1 Å². The fraction of sp³-hybridized carbons (Fsp3) is 0.500. The number of nitriles is 1. The van der Waals surface area contributed by atoms with Crippen LogP contribution in [-0.2, 0) is 4.79 Å².